The predicted octanol–water partition coefficient (Wildman–Crippen LogP) is 0.652. The van der Waals surface area contributed by atoms with E-state index in [4.69, 9.17) is 9.47 Å². The Kier molecular flexibility index (Phi) is 3.45. The van der Waals surface area contributed by atoms with Crippen molar-refractivity contribution >= 4 is 5.91 Å². The molecule has 4 rings (SSSR count). The van der Waals surface area contributed by atoms with Gasteiger partial charge >= 0.3 is 6.01 Å². The number of nitrogens with one attached hydrogen (secondary N) is 1. The molecule has 8 nitrogen and oxygen atoms in total. The van der Waals surface area contributed by atoms with Crippen LogP contribution >= 0.6 is 0 Å². The van der Waals surface area contributed by atoms with E-state index in [0.29, 0.717) is 31.4 Å². The van der Waals surface area contributed by atoms with Gasteiger partial charge in [-0.05, 0) is 18.6 Å². The molecule has 8 heteroatoms. The van der Waals surface area contributed by atoms with Gasteiger partial charge < -0.3 is 14.4 Å². The Morgan fingerprint density at radius 2 is 2.26 bits per heavy atom. The molecule has 2 aliphatic heterocycles. The zero-order valence-corrected chi connectivity index (χ0v) is 12.5. The Hall–Kier alpha value is -2.48. The highest BCUT2D eigenvalue weighted by Gasteiger charge is 2.48. The fourth-order valence-electron chi connectivity index (χ4n) is 3.22. The lowest BCUT2D eigenvalue weighted by Crippen LogP contribution is -2.36. The SMILES string of the molecule is O=C(c1ccn[nH]1)N1CC[C@]2(C[C@H](Oc3ncccn3)CO2)C1. The molecule has 1 amide bonds. The lowest BCUT2D eigenvalue weighted by atomic mass is 9.98. The lowest BCUT2D eigenvalue weighted by molar-refractivity contribution is 0.00967. The number of aromatic amines is 1. The highest BCUT2D eigenvalue weighted by atomic mass is 16.6. The van der Waals surface area contributed by atoms with Crippen molar-refractivity contribution in [2.75, 3.05) is 19.7 Å². The van der Waals surface area contributed by atoms with Gasteiger partial charge in [0.15, 0.2) is 0 Å². The van der Waals surface area contributed by atoms with Crippen molar-refractivity contribution in [2.24, 2.45) is 0 Å². The van der Waals surface area contributed by atoms with Crippen LogP contribution in [-0.4, -0.2) is 62.4 Å². The first-order chi connectivity index (χ1) is 11.2. The molecular weight excluding hydrogens is 298 g/mol. The minimum Gasteiger partial charge on any atom is -0.458 e. The molecule has 1 spiro atoms. The fraction of sp³-hybridized carbons (Fsp3) is 0.467. The van der Waals surface area contributed by atoms with Gasteiger partial charge in [0.25, 0.3) is 5.91 Å². The zero-order chi connectivity index (χ0) is 15.7. The number of rotatable bonds is 3. The number of carbonyl (C=O) groups is 1. The van der Waals surface area contributed by atoms with Crippen LogP contribution in [-0.2, 0) is 4.74 Å². The van der Waals surface area contributed by atoms with Gasteiger partial charge in [-0.3, -0.25) is 9.89 Å². The first kappa shape index (κ1) is 14.1. The second-order valence-electron chi connectivity index (χ2n) is 5.92. The number of nitrogens with zero attached hydrogens (tertiary/aromatic N) is 4. The molecule has 0 radical (unpaired) electrons. The summed E-state index contributed by atoms with van der Waals surface area (Å²) in [6.07, 6.45) is 6.33. The monoisotopic (exact) mass is 315 g/mol. The number of likely N-dealkylation sites (tertiary alicyclic amines) is 1. The highest BCUT2D eigenvalue weighted by Crippen LogP contribution is 2.36. The average molecular weight is 315 g/mol. The van der Waals surface area contributed by atoms with Gasteiger partial charge in [-0.25, -0.2) is 9.97 Å². The van der Waals surface area contributed by atoms with Crippen LogP contribution in [0.2, 0.25) is 0 Å². The summed E-state index contributed by atoms with van der Waals surface area (Å²) in [6, 6.07) is 3.79. The van der Waals surface area contributed by atoms with Crippen molar-refractivity contribution < 1.29 is 14.3 Å². The maximum Gasteiger partial charge on any atom is 0.316 e. The van der Waals surface area contributed by atoms with E-state index in [1.165, 1.54) is 0 Å². The van der Waals surface area contributed by atoms with Crippen molar-refractivity contribution in [3.63, 3.8) is 0 Å². The van der Waals surface area contributed by atoms with Gasteiger partial charge in [0.2, 0.25) is 0 Å². The van der Waals surface area contributed by atoms with Crippen LogP contribution in [0, 0.1) is 0 Å². The number of carbonyl (C=O) groups excluding carboxylic acids is 1. The quantitative estimate of drug-likeness (QED) is 0.894. The number of amides is 1. The highest BCUT2D eigenvalue weighted by molar-refractivity contribution is 5.92. The summed E-state index contributed by atoms with van der Waals surface area (Å²) in [5.74, 6) is -0.0428. The van der Waals surface area contributed by atoms with Crippen LogP contribution in [0.25, 0.3) is 0 Å². The van der Waals surface area contributed by atoms with Gasteiger partial charge in [0.1, 0.15) is 11.8 Å². The molecule has 0 bridgehead atoms. The smallest absolute Gasteiger partial charge is 0.316 e. The minimum atomic E-state index is -0.324. The van der Waals surface area contributed by atoms with E-state index in [-0.39, 0.29) is 17.6 Å². The minimum absolute atomic E-state index is 0.0428. The summed E-state index contributed by atoms with van der Waals surface area (Å²) in [6.45, 7) is 1.73. The van der Waals surface area contributed by atoms with Crippen LogP contribution in [0.4, 0.5) is 0 Å². The van der Waals surface area contributed by atoms with Crippen molar-refractivity contribution in [1.29, 1.82) is 0 Å². The normalized spacial score (nSPS) is 26.8. The lowest BCUT2D eigenvalue weighted by Gasteiger charge is -2.22. The molecular formula is C15H17N5O3. The largest absolute Gasteiger partial charge is 0.458 e. The summed E-state index contributed by atoms with van der Waals surface area (Å²) >= 11 is 0. The first-order valence-corrected chi connectivity index (χ1v) is 7.60. The van der Waals surface area contributed by atoms with Gasteiger partial charge in [0, 0.05) is 31.6 Å². The van der Waals surface area contributed by atoms with Crippen molar-refractivity contribution in [2.45, 2.75) is 24.5 Å². The maximum atomic E-state index is 12.4. The third kappa shape index (κ3) is 2.77. The van der Waals surface area contributed by atoms with Crippen LogP contribution in [0.15, 0.2) is 30.7 Å². The molecule has 23 heavy (non-hydrogen) atoms. The summed E-state index contributed by atoms with van der Waals surface area (Å²) in [7, 11) is 0. The molecule has 2 aromatic rings. The van der Waals surface area contributed by atoms with E-state index in [9.17, 15) is 4.79 Å². The fourth-order valence-corrected chi connectivity index (χ4v) is 3.22. The Labute approximate surface area is 132 Å². The Morgan fingerprint density at radius 3 is 3.04 bits per heavy atom. The first-order valence-electron chi connectivity index (χ1n) is 7.60. The van der Waals surface area contributed by atoms with Crippen LogP contribution < -0.4 is 4.74 Å². The van der Waals surface area contributed by atoms with Gasteiger partial charge in [-0.1, -0.05) is 0 Å². The van der Waals surface area contributed by atoms with Crippen molar-refractivity contribution in [3.05, 3.63) is 36.4 Å². The molecule has 2 aromatic heterocycles. The molecule has 4 heterocycles. The molecule has 0 saturated carbocycles. The Morgan fingerprint density at radius 1 is 1.39 bits per heavy atom. The van der Waals surface area contributed by atoms with Gasteiger partial charge in [-0.2, -0.15) is 5.10 Å². The maximum absolute atomic E-state index is 12.4. The van der Waals surface area contributed by atoms with E-state index in [2.05, 4.69) is 20.2 Å². The molecule has 2 fully saturated rings. The van der Waals surface area contributed by atoms with Gasteiger partial charge in [-0.15, -0.1) is 0 Å². The molecule has 0 aromatic carbocycles. The van der Waals surface area contributed by atoms with Crippen molar-refractivity contribution in [1.82, 2.24) is 25.1 Å². The molecule has 120 valence electrons. The van der Waals surface area contributed by atoms with Gasteiger partial charge in [0.05, 0.1) is 18.8 Å². The van der Waals surface area contributed by atoms with E-state index in [1.807, 2.05) is 0 Å². The van der Waals surface area contributed by atoms with Crippen molar-refractivity contribution in [3.8, 4) is 6.01 Å². The molecule has 2 atom stereocenters. The number of hydrogen-bond acceptors (Lipinski definition) is 6. The zero-order valence-electron chi connectivity index (χ0n) is 12.5. The molecule has 0 aliphatic carbocycles. The average Bonchev–Trinajstić information content (AvgIpc) is 3.31. The molecule has 0 unspecified atom stereocenters. The standard InChI is InChI=1S/C15H17N5O3/c21-13(12-2-6-18-19-12)20-7-3-15(10-20)8-11(9-22-15)23-14-16-4-1-5-17-14/h1-2,4-6,11H,3,7-10H2,(H,18,19)/t11-,15-/m0/s1. The van der Waals surface area contributed by atoms with Crippen LogP contribution in [0.5, 0.6) is 6.01 Å². The molecule has 2 aliphatic rings. The van der Waals surface area contributed by atoms with E-state index in [0.717, 1.165) is 12.8 Å². The van der Waals surface area contributed by atoms with E-state index in [1.54, 1.807) is 35.6 Å². The third-order valence-corrected chi connectivity index (χ3v) is 4.32. The topological polar surface area (TPSA) is 93.2 Å². The number of aromatic nitrogens is 4. The summed E-state index contributed by atoms with van der Waals surface area (Å²) < 4.78 is 11.7. The summed E-state index contributed by atoms with van der Waals surface area (Å²) in [4.78, 5) is 22.3. The molecule has 1 N–H and O–H groups in total. The van der Waals surface area contributed by atoms with E-state index < -0.39 is 0 Å². The number of H-pyrrole nitrogens is 1. The second kappa shape index (κ2) is 5.62. The Bertz CT molecular complexity index is 678. The molecule has 2 saturated heterocycles. The summed E-state index contributed by atoms with van der Waals surface area (Å²) in [5, 5.41) is 6.54. The summed E-state index contributed by atoms with van der Waals surface area (Å²) in [5.41, 5.74) is 0.181. The second-order valence-corrected chi connectivity index (χ2v) is 5.92. The number of hydrogen-bond donors (Lipinski definition) is 1. The van der Waals surface area contributed by atoms with E-state index >= 15 is 0 Å². The number of ether oxygens (including phenoxy) is 2. The predicted molar refractivity (Wildman–Crippen MR) is 78.9 cm³/mol. The van der Waals surface area contributed by atoms with Crippen LogP contribution in [0.3, 0.4) is 0 Å². The third-order valence-electron chi connectivity index (χ3n) is 4.32. The van der Waals surface area contributed by atoms with Crippen LogP contribution in [0.1, 0.15) is 23.3 Å². The Balaban J connectivity index is 1.38.